The van der Waals surface area contributed by atoms with E-state index in [2.05, 4.69) is 9.88 Å². The minimum Gasteiger partial charge on any atom is -0.493 e. The summed E-state index contributed by atoms with van der Waals surface area (Å²) >= 11 is 7.58. The van der Waals surface area contributed by atoms with Crippen LogP contribution < -0.4 is 14.4 Å². The van der Waals surface area contributed by atoms with Gasteiger partial charge in [0.25, 0.3) is 5.91 Å². The Morgan fingerprint density at radius 1 is 1.22 bits per heavy atom. The number of aromatic nitrogens is 1. The number of ether oxygens (including phenoxy) is 3. The van der Waals surface area contributed by atoms with Gasteiger partial charge in [0.1, 0.15) is 0 Å². The van der Waals surface area contributed by atoms with Gasteiger partial charge in [0.15, 0.2) is 23.2 Å². The van der Waals surface area contributed by atoms with Crippen molar-refractivity contribution in [1.29, 1.82) is 0 Å². The molecule has 2 heterocycles. The summed E-state index contributed by atoms with van der Waals surface area (Å²) in [5.41, 5.74) is 0.819. The van der Waals surface area contributed by atoms with E-state index in [0.717, 1.165) is 29.9 Å². The topological polar surface area (TPSA) is 64.1 Å². The summed E-state index contributed by atoms with van der Waals surface area (Å²) in [6, 6.07) is 12.8. The molecule has 1 amide bonds. The molecule has 0 spiro atoms. The van der Waals surface area contributed by atoms with Gasteiger partial charge in [0, 0.05) is 31.2 Å². The largest absolute Gasteiger partial charge is 0.493 e. The maximum absolute atomic E-state index is 13.2. The summed E-state index contributed by atoms with van der Waals surface area (Å²) < 4.78 is 17.5. The van der Waals surface area contributed by atoms with Crippen LogP contribution in [0.2, 0.25) is 5.02 Å². The van der Waals surface area contributed by atoms with Crippen molar-refractivity contribution in [1.82, 2.24) is 9.88 Å². The Bertz CT molecular complexity index is 1040. The molecule has 1 fully saturated rings. The number of anilines is 1. The first-order valence-electron chi connectivity index (χ1n) is 10.1. The minimum absolute atomic E-state index is 0. The zero-order valence-corrected chi connectivity index (χ0v) is 20.0. The predicted octanol–water partition coefficient (Wildman–Crippen LogP) is 4.12. The highest BCUT2D eigenvalue weighted by Gasteiger charge is 2.22. The second-order valence-corrected chi connectivity index (χ2v) is 8.49. The summed E-state index contributed by atoms with van der Waals surface area (Å²) in [6.45, 7) is 4.28. The number of rotatable bonds is 8. The van der Waals surface area contributed by atoms with E-state index in [1.807, 2.05) is 24.3 Å². The van der Waals surface area contributed by atoms with Crippen LogP contribution in [-0.4, -0.2) is 68.9 Å². The third-order valence-electron chi connectivity index (χ3n) is 5.03. The van der Waals surface area contributed by atoms with Crippen LogP contribution in [0.4, 0.5) is 5.13 Å². The number of thiazole rings is 1. The van der Waals surface area contributed by atoms with Crippen LogP contribution in [0, 0.1) is 0 Å². The molecule has 1 aromatic heterocycles. The zero-order chi connectivity index (χ0) is 21.6. The quantitative estimate of drug-likeness (QED) is 0.466. The number of hydrogen-bond acceptors (Lipinski definition) is 7. The van der Waals surface area contributed by atoms with Gasteiger partial charge in [0.2, 0.25) is 0 Å². The third kappa shape index (κ3) is 6.02. The molecule has 0 aliphatic carbocycles. The summed E-state index contributed by atoms with van der Waals surface area (Å²) in [5.74, 6) is 0.955. The Kier molecular flexibility index (Phi) is 8.95. The number of carbonyl (C=O) groups excluding carboxylic acids is 1. The number of fused-ring (bicyclic) bond motifs is 1. The maximum atomic E-state index is 13.2. The lowest BCUT2D eigenvalue weighted by atomic mass is 10.3. The van der Waals surface area contributed by atoms with Crippen LogP contribution in [-0.2, 0) is 9.53 Å². The molecule has 0 radical (unpaired) electrons. The van der Waals surface area contributed by atoms with E-state index in [1.165, 1.54) is 11.3 Å². The Morgan fingerprint density at radius 3 is 2.72 bits per heavy atom. The van der Waals surface area contributed by atoms with Gasteiger partial charge in [-0.1, -0.05) is 35.1 Å². The molecule has 10 heteroatoms. The molecule has 0 bridgehead atoms. The SMILES string of the molecule is COc1ccccc1OCC(=O)N(CCN1CCOCC1)c1nc2ccc(Cl)cc2s1.Cl. The van der Waals surface area contributed by atoms with E-state index in [0.29, 0.717) is 41.4 Å². The van der Waals surface area contributed by atoms with Gasteiger partial charge in [-0.05, 0) is 30.3 Å². The lowest BCUT2D eigenvalue weighted by Gasteiger charge is -2.29. The van der Waals surface area contributed by atoms with Crippen LogP contribution in [0.25, 0.3) is 10.2 Å². The molecule has 7 nitrogen and oxygen atoms in total. The lowest BCUT2D eigenvalue weighted by Crippen LogP contribution is -2.44. The van der Waals surface area contributed by atoms with Crippen molar-refractivity contribution < 1.29 is 19.0 Å². The molecule has 32 heavy (non-hydrogen) atoms. The van der Waals surface area contributed by atoms with E-state index in [1.54, 1.807) is 30.2 Å². The highest BCUT2D eigenvalue weighted by atomic mass is 35.5. The van der Waals surface area contributed by atoms with Crippen molar-refractivity contribution in [3.8, 4) is 11.5 Å². The number of para-hydroxylation sites is 2. The van der Waals surface area contributed by atoms with Crippen LogP contribution >= 0.6 is 35.3 Å². The summed E-state index contributed by atoms with van der Waals surface area (Å²) in [4.78, 5) is 21.8. The molecule has 172 valence electrons. The molecule has 0 saturated carbocycles. The Hall–Kier alpha value is -2.10. The molecule has 4 rings (SSSR count). The number of nitrogens with zero attached hydrogens (tertiary/aromatic N) is 3. The van der Waals surface area contributed by atoms with Crippen LogP contribution in [0.3, 0.4) is 0 Å². The van der Waals surface area contributed by atoms with Crippen LogP contribution in [0.15, 0.2) is 42.5 Å². The smallest absolute Gasteiger partial charge is 0.266 e. The summed E-state index contributed by atoms with van der Waals surface area (Å²) in [7, 11) is 1.57. The average Bonchev–Trinajstić information content (AvgIpc) is 3.21. The molecule has 1 aliphatic rings. The summed E-state index contributed by atoms with van der Waals surface area (Å²) in [6.07, 6.45) is 0. The van der Waals surface area contributed by atoms with E-state index >= 15 is 0 Å². The minimum atomic E-state index is -0.163. The Morgan fingerprint density at radius 2 is 1.97 bits per heavy atom. The van der Waals surface area contributed by atoms with Crippen molar-refractivity contribution >= 4 is 56.6 Å². The molecule has 2 aromatic carbocycles. The first-order valence-corrected chi connectivity index (χ1v) is 11.3. The van der Waals surface area contributed by atoms with Crippen LogP contribution in [0.1, 0.15) is 0 Å². The number of benzene rings is 2. The fourth-order valence-corrected chi connectivity index (χ4v) is 4.64. The average molecular weight is 498 g/mol. The third-order valence-corrected chi connectivity index (χ3v) is 6.31. The van der Waals surface area contributed by atoms with Crippen molar-refractivity contribution in [2.45, 2.75) is 0 Å². The fraction of sp³-hybridized carbons (Fsp3) is 0.364. The van der Waals surface area contributed by atoms with Crippen molar-refractivity contribution in [2.75, 3.05) is 58.0 Å². The normalized spacial score (nSPS) is 14.1. The van der Waals surface area contributed by atoms with Gasteiger partial charge in [-0.15, -0.1) is 12.4 Å². The molecular formula is C22H25Cl2N3O4S. The number of morpholine rings is 1. The standard InChI is InChI=1S/C22H24ClN3O4S.ClH/c1-28-18-4-2-3-5-19(18)30-15-21(27)26(9-8-25-10-12-29-13-11-25)22-24-17-7-6-16(23)14-20(17)31-22;/h2-7,14H,8-13,15H2,1H3;1H. The van der Waals surface area contributed by atoms with Gasteiger partial charge < -0.3 is 14.2 Å². The molecule has 3 aromatic rings. The van der Waals surface area contributed by atoms with Gasteiger partial charge in [-0.2, -0.15) is 0 Å². The number of halogens is 2. The van der Waals surface area contributed by atoms with E-state index in [4.69, 9.17) is 25.8 Å². The van der Waals surface area contributed by atoms with Crippen molar-refractivity contribution in [2.24, 2.45) is 0 Å². The Balaban J connectivity index is 0.00000289. The van der Waals surface area contributed by atoms with E-state index < -0.39 is 0 Å². The van der Waals surface area contributed by atoms with Crippen molar-refractivity contribution in [3.05, 3.63) is 47.5 Å². The highest BCUT2D eigenvalue weighted by Crippen LogP contribution is 2.31. The molecule has 1 aliphatic heterocycles. The second-order valence-electron chi connectivity index (χ2n) is 7.05. The number of hydrogen-bond donors (Lipinski definition) is 0. The van der Waals surface area contributed by atoms with Gasteiger partial charge in [0.05, 0.1) is 30.5 Å². The number of methoxy groups -OCH3 is 1. The maximum Gasteiger partial charge on any atom is 0.266 e. The first-order chi connectivity index (χ1) is 15.1. The second kappa shape index (κ2) is 11.7. The predicted molar refractivity (Wildman–Crippen MR) is 130 cm³/mol. The summed E-state index contributed by atoms with van der Waals surface area (Å²) in [5, 5.41) is 1.28. The van der Waals surface area contributed by atoms with E-state index in [9.17, 15) is 4.79 Å². The molecule has 1 saturated heterocycles. The number of carbonyl (C=O) groups is 1. The highest BCUT2D eigenvalue weighted by molar-refractivity contribution is 7.22. The lowest BCUT2D eigenvalue weighted by molar-refractivity contribution is -0.120. The number of amides is 1. The molecule has 0 atom stereocenters. The zero-order valence-electron chi connectivity index (χ0n) is 17.7. The molecular weight excluding hydrogens is 473 g/mol. The van der Waals surface area contributed by atoms with E-state index in [-0.39, 0.29) is 24.9 Å². The molecule has 0 N–H and O–H groups in total. The van der Waals surface area contributed by atoms with Crippen LogP contribution in [0.5, 0.6) is 11.5 Å². The fourth-order valence-electron chi connectivity index (χ4n) is 3.35. The Labute approximate surface area is 202 Å². The monoisotopic (exact) mass is 497 g/mol. The molecule has 0 unspecified atom stereocenters. The first kappa shape index (κ1) is 24.5. The van der Waals surface area contributed by atoms with Crippen molar-refractivity contribution in [3.63, 3.8) is 0 Å². The van der Waals surface area contributed by atoms with Gasteiger partial charge in [-0.25, -0.2) is 4.98 Å². The van der Waals surface area contributed by atoms with Gasteiger partial charge >= 0.3 is 0 Å². The van der Waals surface area contributed by atoms with Gasteiger partial charge in [-0.3, -0.25) is 14.6 Å².